The largest absolute Gasteiger partial charge is 0.224 e. The van der Waals surface area contributed by atoms with Crippen LogP contribution in [0.4, 0.5) is 4.39 Å². The minimum atomic E-state index is -3.33. The second-order valence-corrected chi connectivity index (χ2v) is 4.76. The van der Waals surface area contributed by atoms with Gasteiger partial charge in [-0.3, -0.25) is 0 Å². The first-order valence-electron chi connectivity index (χ1n) is 3.97. The van der Waals surface area contributed by atoms with Crippen molar-refractivity contribution in [1.29, 1.82) is 0 Å². The van der Waals surface area contributed by atoms with Crippen molar-refractivity contribution in [3.63, 3.8) is 0 Å². The van der Waals surface area contributed by atoms with Crippen LogP contribution in [-0.2, 0) is 9.84 Å². The Hall–Kier alpha value is -0.900. The molecule has 0 spiro atoms. The van der Waals surface area contributed by atoms with E-state index in [4.69, 9.17) is 0 Å². The van der Waals surface area contributed by atoms with E-state index in [1.54, 1.807) is 6.92 Å². The molecule has 0 aromatic heterocycles. The molecule has 1 aromatic rings. The quantitative estimate of drug-likeness (QED) is 0.747. The summed E-state index contributed by atoms with van der Waals surface area (Å²) in [7, 11) is -3.33. The molecule has 0 bridgehead atoms. The van der Waals surface area contributed by atoms with Gasteiger partial charge in [-0.15, -0.1) is 0 Å². The zero-order chi connectivity index (χ0) is 9.90. The maximum absolute atomic E-state index is 12.6. The van der Waals surface area contributed by atoms with E-state index in [1.807, 2.05) is 0 Å². The summed E-state index contributed by atoms with van der Waals surface area (Å²) in [6.07, 6.45) is 0.521. The summed E-state index contributed by atoms with van der Waals surface area (Å²) >= 11 is 0. The number of halogens is 1. The third kappa shape index (κ3) is 2.52. The highest BCUT2D eigenvalue weighted by Crippen LogP contribution is 2.12. The average molecular weight is 201 g/mol. The second kappa shape index (κ2) is 3.87. The van der Waals surface area contributed by atoms with Gasteiger partial charge in [-0.25, -0.2) is 12.8 Å². The van der Waals surface area contributed by atoms with Gasteiger partial charge in [0.1, 0.15) is 5.82 Å². The molecule has 0 saturated carbocycles. The van der Waals surface area contributed by atoms with Crippen molar-refractivity contribution in [2.45, 2.75) is 18.2 Å². The number of hydrogen-bond acceptors (Lipinski definition) is 2. The average Bonchev–Trinajstić information content (AvgIpc) is 2.04. The smallest absolute Gasteiger partial charge is 0.179 e. The zero-order valence-corrected chi connectivity index (χ0v) is 8.07. The van der Waals surface area contributed by atoms with Crippen molar-refractivity contribution >= 4 is 9.84 Å². The molecule has 71 valence electrons. The van der Waals surface area contributed by atoms with Crippen LogP contribution in [-0.4, -0.2) is 14.2 Å². The summed E-state index contributed by atoms with van der Waals surface area (Å²) in [6.45, 7) is 1.76. The van der Waals surface area contributed by atoms with Gasteiger partial charge in [0, 0.05) is 6.07 Å². The van der Waals surface area contributed by atoms with Crippen molar-refractivity contribution in [3.8, 4) is 0 Å². The van der Waals surface area contributed by atoms with Crippen molar-refractivity contribution < 1.29 is 12.8 Å². The molecule has 0 N–H and O–H groups in total. The lowest BCUT2D eigenvalue weighted by Gasteiger charge is -2.00. The van der Waals surface area contributed by atoms with Crippen LogP contribution in [0.15, 0.2) is 23.1 Å². The predicted molar refractivity (Wildman–Crippen MR) is 47.6 cm³/mol. The Bertz CT molecular complexity index is 384. The minimum Gasteiger partial charge on any atom is -0.224 e. The summed E-state index contributed by atoms with van der Waals surface area (Å²) in [6, 6.07) is 6.07. The third-order valence-corrected chi connectivity index (χ3v) is 3.39. The summed E-state index contributed by atoms with van der Waals surface area (Å²) < 4.78 is 35.4. The van der Waals surface area contributed by atoms with E-state index in [9.17, 15) is 12.8 Å². The van der Waals surface area contributed by atoms with Gasteiger partial charge in [0.15, 0.2) is 9.84 Å². The molecule has 0 fully saturated rings. The Morgan fingerprint density at radius 1 is 1.46 bits per heavy atom. The van der Waals surface area contributed by atoms with Crippen LogP contribution in [0, 0.1) is 11.9 Å². The van der Waals surface area contributed by atoms with Gasteiger partial charge in [0.05, 0.1) is 10.6 Å². The SMILES string of the molecule is CCCS(=O)(=O)c1[c]c(F)ccc1. The highest BCUT2D eigenvalue weighted by atomic mass is 32.2. The number of benzene rings is 1. The van der Waals surface area contributed by atoms with E-state index < -0.39 is 15.7 Å². The highest BCUT2D eigenvalue weighted by Gasteiger charge is 2.13. The van der Waals surface area contributed by atoms with E-state index in [-0.39, 0.29) is 10.6 Å². The van der Waals surface area contributed by atoms with Crippen LogP contribution in [0.5, 0.6) is 0 Å². The lowest BCUT2D eigenvalue weighted by atomic mass is 10.4. The molecule has 0 unspecified atom stereocenters. The van der Waals surface area contributed by atoms with Crippen molar-refractivity contribution in [2.24, 2.45) is 0 Å². The van der Waals surface area contributed by atoms with E-state index in [0.29, 0.717) is 6.42 Å². The van der Waals surface area contributed by atoms with Gasteiger partial charge < -0.3 is 0 Å². The Labute approximate surface area is 77.3 Å². The molecule has 0 saturated heterocycles. The Morgan fingerprint density at radius 2 is 2.15 bits per heavy atom. The van der Waals surface area contributed by atoms with Gasteiger partial charge in [-0.05, 0) is 18.6 Å². The van der Waals surface area contributed by atoms with Gasteiger partial charge in [0.2, 0.25) is 0 Å². The van der Waals surface area contributed by atoms with Gasteiger partial charge in [-0.2, -0.15) is 0 Å². The molecule has 0 heterocycles. The van der Waals surface area contributed by atoms with E-state index in [1.165, 1.54) is 18.2 Å². The highest BCUT2D eigenvalue weighted by molar-refractivity contribution is 7.91. The predicted octanol–water partition coefficient (Wildman–Crippen LogP) is 1.81. The van der Waals surface area contributed by atoms with E-state index in [2.05, 4.69) is 6.07 Å². The molecule has 1 aromatic carbocycles. The molecule has 0 aliphatic carbocycles. The van der Waals surface area contributed by atoms with E-state index >= 15 is 0 Å². The van der Waals surface area contributed by atoms with Crippen LogP contribution in [0.25, 0.3) is 0 Å². The second-order valence-electron chi connectivity index (χ2n) is 2.68. The molecular weight excluding hydrogens is 191 g/mol. The molecular formula is C9H10FO2S. The van der Waals surface area contributed by atoms with Gasteiger partial charge >= 0.3 is 0 Å². The van der Waals surface area contributed by atoms with Crippen molar-refractivity contribution in [2.75, 3.05) is 5.75 Å². The first-order valence-corrected chi connectivity index (χ1v) is 5.62. The van der Waals surface area contributed by atoms with Crippen molar-refractivity contribution in [1.82, 2.24) is 0 Å². The Balaban J connectivity index is 3.08. The lowest BCUT2D eigenvalue weighted by Crippen LogP contribution is -2.06. The standard InChI is InChI=1S/C9H10FO2S/c1-2-6-13(11,12)9-5-3-4-8(10)7-9/h3-5H,2,6H2,1H3. The first kappa shape index (κ1) is 10.2. The van der Waals surface area contributed by atoms with Crippen molar-refractivity contribution in [3.05, 3.63) is 30.1 Å². The fraction of sp³-hybridized carbons (Fsp3) is 0.333. The molecule has 0 atom stereocenters. The van der Waals surface area contributed by atoms with E-state index in [0.717, 1.165) is 0 Å². The summed E-state index contributed by atoms with van der Waals surface area (Å²) in [5.41, 5.74) is 0. The summed E-state index contributed by atoms with van der Waals surface area (Å²) in [5.74, 6) is -0.607. The summed E-state index contributed by atoms with van der Waals surface area (Å²) in [5, 5.41) is 0. The van der Waals surface area contributed by atoms with Gasteiger partial charge in [-0.1, -0.05) is 13.0 Å². The number of rotatable bonds is 3. The molecule has 0 amide bonds. The zero-order valence-electron chi connectivity index (χ0n) is 7.25. The maximum Gasteiger partial charge on any atom is 0.179 e. The third-order valence-electron chi connectivity index (χ3n) is 1.54. The maximum atomic E-state index is 12.6. The molecule has 0 aliphatic rings. The number of sulfone groups is 1. The molecule has 1 rings (SSSR count). The monoisotopic (exact) mass is 201 g/mol. The Morgan fingerprint density at radius 3 is 2.69 bits per heavy atom. The fourth-order valence-corrected chi connectivity index (χ4v) is 2.28. The van der Waals surface area contributed by atoms with Crippen LogP contribution < -0.4 is 0 Å². The lowest BCUT2D eigenvalue weighted by molar-refractivity contribution is 0.588. The normalized spacial score (nSPS) is 11.5. The van der Waals surface area contributed by atoms with Crippen LogP contribution in [0.1, 0.15) is 13.3 Å². The minimum absolute atomic E-state index is 0.0347. The topological polar surface area (TPSA) is 34.1 Å². The first-order chi connectivity index (χ1) is 6.06. The van der Waals surface area contributed by atoms with Crippen LogP contribution in [0.3, 0.4) is 0 Å². The number of hydrogen-bond donors (Lipinski definition) is 0. The molecule has 1 radical (unpaired) electrons. The molecule has 13 heavy (non-hydrogen) atoms. The summed E-state index contributed by atoms with van der Waals surface area (Å²) in [4.78, 5) is -0.0608. The Kier molecular flexibility index (Phi) is 3.03. The molecule has 4 heteroatoms. The van der Waals surface area contributed by atoms with Crippen LogP contribution in [0.2, 0.25) is 0 Å². The fourth-order valence-electron chi connectivity index (χ4n) is 0.981. The van der Waals surface area contributed by atoms with Crippen LogP contribution >= 0.6 is 0 Å². The molecule has 2 nitrogen and oxygen atoms in total. The molecule has 0 aliphatic heterocycles. The van der Waals surface area contributed by atoms with Gasteiger partial charge in [0.25, 0.3) is 0 Å².